The average Bonchev–Trinajstić information content (AvgIpc) is 2.47. The van der Waals surface area contributed by atoms with Gasteiger partial charge in [0.15, 0.2) is 0 Å². The molecular formula is C15H16ClNO3S. The van der Waals surface area contributed by atoms with Crippen LogP contribution in [0.5, 0.6) is 5.75 Å². The number of nitrogens with zero attached hydrogens (tertiary/aromatic N) is 1. The highest BCUT2D eigenvalue weighted by Gasteiger charge is 2.22. The Morgan fingerprint density at radius 3 is 2.52 bits per heavy atom. The first-order chi connectivity index (χ1) is 9.95. The van der Waals surface area contributed by atoms with Crippen LogP contribution in [-0.2, 0) is 16.6 Å². The van der Waals surface area contributed by atoms with Gasteiger partial charge in [-0.25, -0.2) is 8.42 Å². The lowest BCUT2D eigenvalue weighted by molar-refractivity contribution is 0.398. The zero-order valence-electron chi connectivity index (χ0n) is 11.8. The topological polar surface area (TPSA) is 46.6 Å². The maximum atomic E-state index is 12.5. The van der Waals surface area contributed by atoms with Gasteiger partial charge in [-0.1, -0.05) is 35.9 Å². The fraction of sp³-hybridized carbons (Fsp3) is 0.200. The molecule has 0 aliphatic heterocycles. The van der Waals surface area contributed by atoms with Crippen molar-refractivity contribution in [3.8, 4) is 5.75 Å². The molecule has 0 unspecified atom stereocenters. The van der Waals surface area contributed by atoms with Crippen molar-refractivity contribution in [2.45, 2.75) is 11.4 Å². The summed E-state index contributed by atoms with van der Waals surface area (Å²) in [6.07, 6.45) is 0. The van der Waals surface area contributed by atoms with Gasteiger partial charge in [-0.05, 0) is 24.3 Å². The molecule has 6 heteroatoms. The summed E-state index contributed by atoms with van der Waals surface area (Å²) in [5.74, 6) is 0.658. The SMILES string of the molecule is COc1ccccc1CN(C)S(=O)(=O)c1cccc(Cl)c1. The molecule has 0 N–H and O–H groups in total. The van der Waals surface area contributed by atoms with Gasteiger partial charge in [0.1, 0.15) is 5.75 Å². The summed E-state index contributed by atoms with van der Waals surface area (Å²) < 4.78 is 31.5. The zero-order valence-corrected chi connectivity index (χ0v) is 13.4. The van der Waals surface area contributed by atoms with Crippen molar-refractivity contribution in [1.29, 1.82) is 0 Å². The van der Waals surface area contributed by atoms with Gasteiger partial charge < -0.3 is 4.74 Å². The third kappa shape index (κ3) is 3.56. The van der Waals surface area contributed by atoms with Crippen molar-refractivity contribution in [2.24, 2.45) is 0 Å². The van der Waals surface area contributed by atoms with Gasteiger partial charge in [0.25, 0.3) is 0 Å². The molecule has 0 spiro atoms. The fourth-order valence-corrected chi connectivity index (χ4v) is 3.42. The third-order valence-corrected chi connectivity index (χ3v) is 5.12. The Morgan fingerprint density at radius 2 is 1.86 bits per heavy atom. The van der Waals surface area contributed by atoms with Crippen molar-refractivity contribution >= 4 is 21.6 Å². The summed E-state index contributed by atoms with van der Waals surface area (Å²) in [4.78, 5) is 0.174. The Kier molecular flexibility index (Phi) is 4.88. The lowest BCUT2D eigenvalue weighted by Gasteiger charge is -2.18. The molecule has 4 nitrogen and oxygen atoms in total. The molecule has 0 aliphatic rings. The van der Waals surface area contributed by atoms with Crippen LogP contribution in [0.15, 0.2) is 53.4 Å². The molecule has 2 aromatic carbocycles. The second kappa shape index (κ2) is 6.47. The lowest BCUT2D eigenvalue weighted by atomic mass is 10.2. The average molecular weight is 326 g/mol. The van der Waals surface area contributed by atoms with Gasteiger partial charge >= 0.3 is 0 Å². The molecule has 0 bridgehead atoms. The van der Waals surface area contributed by atoms with E-state index in [0.717, 1.165) is 5.56 Å². The van der Waals surface area contributed by atoms with Crippen LogP contribution in [0.4, 0.5) is 0 Å². The summed E-state index contributed by atoms with van der Waals surface area (Å²) >= 11 is 5.86. The molecule has 112 valence electrons. The minimum absolute atomic E-state index is 0.174. The Bertz CT molecular complexity index is 731. The minimum Gasteiger partial charge on any atom is -0.496 e. The van der Waals surface area contributed by atoms with E-state index in [4.69, 9.17) is 16.3 Å². The summed E-state index contributed by atoms with van der Waals surface area (Å²) in [6, 6.07) is 13.5. The van der Waals surface area contributed by atoms with Crippen LogP contribution in [0.25, 0.3) is 0 Å². The van der Waals surface area contributed by atoms with E-state index >= 15 is 0 Å². The summed E-state index contributed by atoms with van der Waals surface area (Å²) in [6.45, 7) is 0.221. The monoisotopic (exact) mass is 325 g/mol. The normalized spacial score (nSPS) is 11.6. The number of para-hydroxylation sites is 1. The number of ether oxygens (including phenoxy) is 1. The predicted molar refractivity (Wildman–Crippen MR) is 83.1 cm³/mol. The second-order valence-corrected chi connectivity index (χ2v) is 7.01. The summed E-state index contributed by atoms with van der Waals surface area (Å²) in [5, 5.41) is 0.391. The molecule has 0 saturated carbocycles. The van der Waals surface area contributed by atoms with E-state index in [1.165, 1.54) is 23.5 Å². The maximum Gasteiger partial charge on any atom is 0.243 e. The van der Waals surface area contributed by atoms with Crippen LogP contribution in [0.3, 0.4) is 0 Å². The van der Waals surface area contributed by atoms with Crippen molar-refractivity contribution < 1.29 is 13.2 Å². The Morgan fingerprint density at radius 1 is 1.14 bits per heavy atom. The maximum absolute atomic E-state index is 12.5. The van der Waals surface area contributed by atoms with Gasteiger partial charge in [-0.3, -0.25) is 0 Å². The molecule has 0 fully saturated rings. The van der Waals surface area contributed by atoms with E-state index in [1.807, 2.05) is 18.2 Å². The van der Waals surface area contributed by atoms with Crippen molar-refractivity contribution in [3.63, 3.8) is 0 Å². The smallest absolute Gasteiger partial charge is 0.243 e. The molecule has 0 amide bonds. The highest BCUT2D eigenvalue weighted by atomic mass is 35.5. The minimum atomic E-state index is -3.59. The van der Waals surface area contributed by atoms with Gasteiger partial charge in [0, 0.05) is 24.2 Å². The largest absolute Gasteiger partial charge is 0.496 e. The molecule has 21 heavy (non-hydrogen) atoms. The second-order valence-electron chi connectivity index (χ2n) is 4.53. The van der Waals surface area contributed by atoms with E-state index in [9.17, 15) is 8.42 Å². The van der Waals surface area contributed by atoms with Gasteiger partial charge in [0.2, 0.25) is 10.0 Å². The van der Waals surface area contributed by atoms with Gasteiger partial charge in [-0.2, -0.15) is 4.31 Å². The quantitative estimate of drug-likeness (QED) is 0.848. The molecule has 0 heterocycles. The number of halogens is 1. The molecule has 0 atom stereocenters. The molecule has 0 aromatic heterocycles. The number of methoxy groups -OCH3 is 1. The highest BCUT2D eigenvalue weighted by molar-refractivity contribution is 7.89. The molecule has 0 aliphatic carbocycles. The molecular weight excluding hydrogens is 310 g/mol. The molecule has 0 saturated heterocycles. The van der Waals surface area contributed by atoms with E-state index in [-0.39, 0.29) is 11.4 Å². The first-order valence-electron chi connectivity index (χ1n) is 6.29. The predicted octanol–water partition coefficient (Wildman–Crippen LogP) is 3.17. The number of sulfonamides is 1. The van der Waals surface area contributed by atoms with Crippen molar-refractivity contribution in [3.05, 3.63) is 59.1 Å². The number of hydrogen-bond acceptors (Lipinski definition) is 3. The standard InChI is InChI=1S/C15H16ClNO3S/c1-17(11-12-6-3-4-9-15(12)20-2)21(18,19)14-8-5-7-13(16)10-14/h3-10H,11H2,1-2H3. The lowest BCUT2D eigenvalue weighted by Crippen LogP contribution is -2.26. The Balaban J connectivity index is 2.29. The fourth-order valence-electron chi connectivity index (χ4n) is 1.97. The van der Waals surface area contributed by atoms with Crippen LogP contribution >= 0.6 is 11.6 Å². The van der Waals surface area contributed by atoms with E-state index in [1.54, 1.807) is 25.3 Å². The van der Waals surface area contributed by atoms with E-state index in [2.05, 4.69) is 0 Å². The number of hydrogen-bond donors (Lipinski definition) is 0. The van der Waals surface area contributed by atoms with E-state index in [0.29, 0.717) is 10.8 Å². The molecule has 2 aromatic rings. The molecule has 2 rings (SSSR count). The third-order valence-electron chi connectivity index (χ3n) is 3.09. The molecule has 0 radical (unpaired) electrons. The summed E-state index contributed by atoms with van der Waals surface area (Å²) in [5.41, 5.74) is 0.799. The van der Waals surface area contributed by atoms with Crippen LogP contribution in [0.1, 0.15) is 5.56 Å². The Labute approximate surface area is 130 Å². The first kappa shape index (κ1) is 15.8. The van der Waals surface area contributed by atoms with Crippen LogP contribution in [0, 0.1) is 0 Å². The zero-order chi connectivity index (χ0) is 15.5. The highest BCUT2D eigenvalue weighted by Crippen LogP contribution is 2.23. The van der Waals surface area contributed by atoms with Crippen molar-refractivity contribution in [2.75, 3.05) is 14.2 Å². The van der Waals surface area contributed by atoms with Crippen LogP contribution in [-0.4, -0.2) is 26.9 Å². The number of rotatable bonds is 5. The van der Waals surface area contributed by atoms with Gasteiger partial charge in [-0.15, -0.1) is 0 Å². The van der Waals surface area contributed by atoms with Crippen LogP contribution in [0.2, 0.25) is 5.02 Å². The number of benzene rings is 2. The van der Waals surface area contributed by atoms with E-state index < -0.39 is 10.0 Å². The van der Waals surface area contributed by atoms with Crippen molar-refractivity contribution in [1.82, 2.24) is 4.31 Å². The first-order valence-corrected chi connectivity index (χ1v) is 8.11. The van der Waals surface area contributed by atoms with Gasteiger partial charge in [0.05, 0.1) is 12.0 Å². The van der Waals surface area contributed by atoms with Crippen LogP contribution < -0.4 is 4.74 Å². The Hall–Kier alpha value is -1.56. The summed E-state index contributed by atoms with van der Waals surface area (Å²) in [7, 11) is -0.501.